The largest absolute Gasteiger partial charge is 0.368 e. The maximum atomic E-state index is 13.1. The number of halogens is 1. The first-order valence-corrected chi connectivity index (χ1v) is 11.6. The molecule has 0 saturated carbocycles. The molecule has 0 spiro atoms. The SMILES string of the molecule is Cc1noc2c(-c3ccccc3)nn(CCC(=O)N3CCN(c4cccc(Cl)c4)CC3)c(=O)c12. The minimum absolute atomic E-state index is 0.00263. The number of aryl methyl sites for hydroxylation is 2. The molecule has 1 aliphatic rings. The molecule has 1 aliphatic heterocycles. The molecule has 5 rings (SSSR count). The van der Waals surface area contributed by atoms with E-state index < -0.39 is 0 Å². The molecule has 8 nitrogen and oxygen atoms in total. The van der Waals surface area contributed by atoms with Crippen LogP contribution in [0.15, 0.2) is 63.9 Å². The van der Waals surface area contributed by atoms with Crippen molar-refractivity contribution in [1.29, 1.82) is 0 Å². The van der Waals surface area contributed by atoms with Crippen molar-refractivity contribution in [2.45, 2.75) is 19.9 Å². The van der Waals surface area contributed by atoms with E-state index in [0.29, 0.717) is 40.5 Å². The zero-order valence-corrected chi connectivity index (χ0v) is 19.5. The number of amides is 1. The van der Waals surface area contributed by atoms with Crippen molar-refractivity contribution >= 4 is 34.2 Å². The van der Waals surface area contributed by atoms with Crippen LogP contribution >= 0.6 is 11.6 Å². The lowest BCUT2D eigenvalue weighted by Crippen LogP contribution is -2.49. The van der Waals surface area contributed by atoms with Crippen LogP contribution in [0.3, 0.4) is 0 Å². The number of benzene rings is 2. The molecule has 34 heavy (non-hydrogen) atoms. The molecule has 1 saturated heterocycles. The minimum atomic E-state index is -0.299. The van der Waals surface area contributed by atoms with E-state index in [4.69, 9.17) is 16.1 Å². The van der Waals surface area contributed by atoms with Crippen LogP contribution in [0.5, 0.6) is 0 Å². The molecular weight excluding hydrogens is 454 g/mol. The number of carbonyl (C=O) groups excluding carboxylic acids is 1. The van der Waals surface area contributed by atoms with Crippen molar-refractivity contribution in [3.63, 3.8) is 0 Å². The molecular formula is C25H24ClN5O3. The van der Waals surface area contributed by atoms with Gasteiger partial charge in [-0.05, 0) is 25.1 Å². The number of anilines is 1. The quantitative estimate of drug-likeness (QED) is 0.435. The van der Waals surface area contributed by atoms with Gasteiger partial charge >= 0.3 is 0 Å². The monoisotopic (exact) mass is 477 g/mol. The molecule has 9 heteroatoms. The number of rotatable bonds is 5. The molecule has 1 fully saturated rings. The predicted molar refractivity (Wildman–Crippen MR) is 131 cm³/mol. The van der Waals surface area contributed by atoms with Gasteiger partial charge in [-0.15, -0.1) is 0 Å². The van der Waals surface area contributed by atoms with Gasteiger partial charge in [0.05, 0.1) is 12.2 Å². The van der Waals surface area contributed by atoms with Gasteiger partial charge in [0, 0.05) is 48.9 Å². The number of carbonyl (C=O) groups is 1. The molecule has 2 aromatic carbocycles. The van der Waals surface area contributed by atoms with Crippen molar-refractivity contribution in [3.8, 4) is 11.3 Å². The number of piperazine rings is 1. The summed E-state index contributed by atoms with van der Waals surface area (Å²) >= 11 is 6.11. The third-order valence-electron chi connectivity index (χ3n) is 6.14. The summed E-state index contributed by atoms with van der Waals surface area (Å²) in [5.41, 5.74) is 3.00. The zero-order chi connectivity index (χ0) is 23.7. The van der Waals surface area contributed by atoms with Crippen LogP contribution in [0, 0.1) is 6.92 Å². The van der Waals surface area contributed by atoms with E-state index >= 15 is 0 Å². The second-order valence-corrected chi connectivity index (χ2v) is 8.75. The van der Waals surface area contributed by atoms with Crippen molar-refractivity contribution in [2.24, 2.45) is 0 Å². The lowest BCUT2D eigenvalue weighted by Gasteiger charge is -2.36. The van der Waals surface area contributed by atoms with E-state index in [9.17, 15) is 9.59 Å². The number of hydrogen-bond acceptors (Lipinski definition) is 6. The minimum Gasteiger partial charge on any atom is -0.368 e. The topological polar surface area (TPSA) is 84.5 Å². The molecule has 2 aromatic heterocycles. The Morgan fingerprint density at radius 2 is 1.82 bits per heavy atom. The van der Waals surface area contributed by atoms with Gasteiger partial charge in [0.15, 0.2) is 0 Å². The fourth-order valence-corrected chi connectivity index (χ4v) is 4.49. The van der Waals surface area contributed by atoms with Crippen LogP contribution < -0.4 is 10.5 Å². The summed E-state index contributed by atoms with van der Waals surface area (Å²) in [7, 11) is 0. The molecule has 0 radical (unpaired) electrons. The number of aromatic nitrogens is 3. The lowest BCUT2D eigenvalue weighted by molar-refractivity contribution is -0.131. The van der Waals surface area contributed by atoms with E-state index in [1.54, 1.807) is 6.92 Å². The summed E-state index contributed by atoms with van der Waals surface area (Å²) in [5, 5.41) is 9.61. The predicted octanol–water partition coefficient (Wildman–Crippen LogP) is 3.75. The van der Waals surface area contributed by atoms with Crippen LogP contribution in [0.4, 0.5) is 5.69 Å². The third kappa shape index (κ3) is 4.28. The number of fused-ring (bicyclic) bond motifs is 1. The number of nitrogens with zero attached hydrogens (tertiary/aromatic N) is 5. The molecule has 0 unspecified atom stereocenters. The Labute approximate surface area is 201 Å². The Balaban J connectivity index is 1.31. The van der Waals surface area contributed by atoms with Gasteiger partial charge < -0.3 is 14.3 Å². The Morgan fingerprint density at radius 1 is 1.06 bits per heavy atom. The highest BCUT2D eigenvalue weighted by atomic mass is 35.5. The molecule has 0 bridgehead atoms. The fraction of sp³-hybridized carbons (Fsp3) is 0.280. The van der Waals surface area contributed by atoms with Crippen molar-refractivity contribution in [2.75, 3.05) is 31.1 Å². The summed E-state index contributed by atoms with van der Waals surface area (Å²) in [4.78, 5) is 30.1. The number of hydrogen-bond donors (Lipinski definition) is 0. The lowest BCUT2D eigenvalue weighted by atomic mass is 10.1. The van der Waals surface area contributed by atoms with Crippen molar-refractivity contribution < 1.29 is 9.32 Å². The van der Waals surface area contributed by atoms with Crippen molar-refractivity contribution in [1.82, 2.24) is 19.8 Å². The van der Waals surface area contributed by atoms with E-state index in [2.05, 4.69) is 15.2 Å². The average Bonchev–Trinajstić information content (AvgIpc) is 3.26. The van der Waals surface area contributed by atoms with Gasteiger partial charge in [0.25, 0.3) is 5.56 Å². The summed E-state index contributed by atoms with van der Waals surface area (Å²) in [6, 6.07) is 17.2. The Kier molecular flexibility index (Phi) is 6.06. The molecule has 1 amide bonds. The van der Waals surface area contributed by atoms with E-state index in [-0.39, 0.29) is 24.4 Å². The second-order valence-electron chi connectivity index (χ2n) is 8.31. The van der Waals surface area contributed by atoms with Gasteiger partial charge in [-0.3, -0.25) is 9.59 Å². The van der Waals surface area contributed by atoms with Crippen LogP contribution in [0.25, 0.3) is 22.2 Å². The van der Waals surface area contributed by atoms with Gasteiger partial charge in [0.1, 0.15) is 11.1 Å². The maximum Gasteiger partial charge on any atom is 0.279 e. The van der Waals surface area contributed by atoms with Gasteiger partial charge in [-0.25, -0.2) is 4.68 Å². The highest BCUT2D eigenvalue weighted by Gasteiger charge is 2.23. The first kappa shape index (κ1) is 22.2. The summed E-state index contributed by atoms with van der Waals surface area (Å²) < 4.78 is 6.79. The highest BCUT2D eigenvalue weighted by molar-refractivity contribution is 6.30. The van der Waals surface area contributed by atoms with Gasteiger partial charge in [-0.2, -0.15) is 5.10 Å². The fourth-order valence-electron chi connectivity index (χ4n) is 4.31. The average molecular weight is 478 g/mol. The summed E-state index contributed by atoms with van der Waals surface area (Å²) in [5.74, 6) is 0.00263. The van der Waals surface area contributed by atoms with Crippen molar-refractivity contribution in [3.05, 3.63) is 75.7 Å². The van der Waals surface area contributed by atoms with E-state index in [0.717, 1.165) is 24.3 Å². The molecule has 0 atom stereocenters. The molecule has 3 heterocycles. The highest BCUT2D eigenvalue weighted by Crippen LogP contribution is 2.26. The Morgan fingerprint density at radius 3 is 2.56 bits per heavy atom. The van der Waals surface area contributed by atoms with Crippen LogP contribution in [-0.4, -0.2) is 51.9 Å². The molecule has 4 aromatic rings. The first-order chi connectivity index (χ1) is 16.5. The Hall–Kier alpha value is -3.65. The van der Waals surface area contributed by atoms with Crippen LogP contribution in [-0.2, 0) is 11.3 Å². The van der Waals surface area contributed by atoms with E-state index in [1.807, 2.05) is 59.5 Å². The molecule has 174 valence electrons. The summed E-state index contributed by atoms with van der Waals surface area (Å²) in [6.45, 7) is 4.62. The second kappa shape index (κ2) is 9.30. The molecule has 0 aliphatic carbocycles. The Bertz CT molecular complexity index is 1390. The van der Waals surface area contributed by atoms with Crippen LogP contribution in [0.1, 0.15) is 12.1 Å². The normalized spacial score (nSPS) is 14.1. The first-order valence-electron chi connectivity index (χ1n) is 11.2. The van der Waals surface area contributed by atoms with E-state index in [1.165, 1.54) is 4.68 Å². The van der Waals surface area contributed by atoms with Crippen LogP contribution in [0.2, 0.25) is 5.02 Å². The summed E-state index contributed by atoms with van der Waals surface area (Å²) in [6.07, 6.45) is 0.189. The third-order valence-corrected chi connectivity index (χ3v) is 6.37. The van der Waals surface area contributed by atoms with Gasteiger partial charge in [0.2, 0.25) is 11.5 Å². The van der Waals surface area contributed by atoms with Gasteiger partial charge in [-0.1, -0.05) is 53.2 Å². The maximum absolute atomic E-state index is 13.1. The standard InChI is InChI=1S/C25H24ClN5O3/c1-17-22-24(34-28-17)23(18-6-3-2-4-7-18)27-31(25(22)33)11-10-21(32)30-14-12-29(13-15-30)20-9-5-8-19(26)16-20/h2-9,16H,10-15H2,1H3. The molecule has 0 N–H and O–H groups in total. The zero-order valence-electron chi connectivity index (χ0n) is 18.8. The smallest absolute Gasteiger partial charge is 0.279 e.